The molecule has 4 fully saturated rings. The average Bonchev–Trinajstić information content (AvgIpc) is 3.57. The van der Waals surface area contributed by atoms with E-state index in [2.05, 4.69) is 58.0 Å². The number of nitrogens with one attached hydrogen (secondary N) is 1. The molecule has 2 atom stereocenters. The number of H-pyrrole nitrogens is 1. The van der Waals surface area contributed by atoms with E-state index in [4.69, 9.17) is 4.74 Å². The zero-order valence-electron chi connectivity index (χ0n) is 20.8. The third kappa shape index (κ3) is 4.52. The Hall–Kier alpha value is -2.15. The van der Waals surface area contributed by atoms with Gasteiger partial charge in [-0.2, -0.15) is 5.10 Å². The number of quaternary nitrogens is 1. The molecule has 0 spiro atoms. The van der Waals surface area contributed by atoms with Crippen LogP contribution in [0.25, 0.3) is 0 Å². The highest BCUT2D eigenvalue weighted by atomic mass is 35.5. The molecule has 36 heavy (non-hydrogen) atoms. The number of hydrogen-bond acceptors (Lipinski definition) is 4. The number of fused-ring (bicyclic) bond motifs is 3. The summed E-state index contributed by atoms with van der Waals surface area (Å²) < 4.78 is 7.55. The molecule has 7 rings (SSSR count). The predicted octanol–water partition coefficient (Wildman–Crippen LogP) is 3.01. The first-order valence-corrected chi connectivity index (χ1v) is 14.2. The van der Waals surface area contributed by atoms with Crippen molar-refractivity contribution in [2.75, 3.05) is 19.6 Å². The number of carbonyl (C=O) groups is 1. The van der Waals surface area contributed by atoms with E-state index in [0.29, 0.717) is 5.92 Å². The van der Waals surface area contributed by atoms with Crippen molar-refractivity contribution in [2.45, 2.75) is 68.9 Å². The lowest BCUT2D eigenvalue weighted by molar-refractivity contribution is -0.968. The number of aromatic amines is 1. The third-order valence-electron chi connectivity index (χ3n) is 9.06. The molecule has 0 radical (unpaired) electrons. The van der Waals surface area contributed by atoms with Crippen LogP contribution in [0.2, 0.25) is 0 Å². The molecular formula is C29H36ClN3O2S. The fourth-order valence-corrected chi connectivity index (χ4v) is 8.19. The van der Waals surface area contributed by atoms with E-state index in [1.165, 1.54) is 28.8 Å². The third-order valence-corrected chi connectivity index (χ3v) is 10.1. The Morgan fingerprint density at radius 3 is 2.42 bits per heavy atom. The van der Waals surface area contributed by atoms with Crippen molar-refractivity contribution in [3.05, 3.63) is 76.2 Å². The smallest absolute Gasteiger partial charge is 0.317 e. The van der Waals surface area contributed by atoms with Crippen molar-refractivity contribution in [2.24, 2.45) is 5.92 Å². The van der Waals surface area contributed by atoms with Gasteiger partial charge in [0.2, 0.25) is 0 Å². The van der Waals surface area contributed by atoms with Crippen LogP contribution in [0.15, 0.2) is 60.2 Å². The second-order valence-electron chi connectivity index (χ2n) is 10.9. The highest BCUT2D eigenvalue weighted by molar-refractivity contribution is 7.10. The summed E-state index contributed by atoms with van der Waals surface area (Å²) in [5.41, 5.74) is 2.09. The second kappa shape index (κ2) is 10.7. The van der Waals surface area contributed by atoms with E-state index in [1.54, 1.807) is 11.3 Å². The van der Waals surface area contributed by atoms with Crippen LogP contribution in [-0.4, -0.2) is 46.4 Å². The summed E-state index contributed by atoms with van der Waals surface area (Å²) in [4.78, 5) is 15.3. The van der Waals surface area contributed by atoms with Crippen molar-refractivity contribution in [1.82, 2.24) is 10.2 Å². The normalized spacial score (nSPS) is 28.0. The topological polar surface area (TPSA) is 55.0 Å². The lowest BCUT2D eigenvalue weighted by atomic mass is 9.77. The largest absolute Gasteiger partial charge is 1.00 e. The second-order valence-corrected chi connectivity index (χ2v) is 11.9. The monoisotopic (exact) mass is 525 g/mol. The summed E-state index contributed by atoms with van der Waals surface area (Å²) in [5, 5.41) is 9.45. The molecule has 1 N–H and O–H groups in total. The van der Waals surface area contributed by atoms with Crippen LogP contribution in [0.3, 0.4) is 0 Å². The standard InChI is InChI=1S/C29H36N3O2S.ClH/c33-28(29(26-11-8-18-35-26)14-6-1-2-7-15-29)34-25-21-32(16-12-22(25)13-17-32)27(24-19-30-31-20-24)23-9-4-3-5-10-23;/h3-5,8-11,18-20,22,25,27H,1-2,6-7,12-17,21H2,(H,30,31);1H/q+1;/p-1/t22?,25-,27?,32?;/m0./s1. The molecular weight excluding hydrogens is 490 g/mol. The van der Waals surface area contributed by atoms with Gasteiger partial charge in [0.15, 0.2) is 6.10 Å². The summed E-state index contributed by atoms with van der Waals surface area (Å²) in [5.74, 6) is 0.518. The van der Waals surface area contributed by atoms with Crippen LogP contribution >= 0.6 is 11.3 Å². The number of ether oxygens (including phenoxy) is 1. The van der Waals surface area contributed by atoms with Crippen LogP contribution in [0.4, 0.5) is 0 Å². The van der Waals surface area contributed by atoms with Gasteiger partial charge in [0.1, 0.15) is 18.0 Å². The zero-order chi connectivity index (χ0) is 23.7. The first-order valence-electron chi connectivity index (χ1n) is 13.3. The Labute approximate surface area is 224 Å². The maximum Gasteiger partial charge on any atom is 0.317 e. The highest BCUT2D eigenvalue weighted by Gasteiger charge is 2.54. The van der Waals surface area contributed by atoms with Gasteiger partial charge in [-0.1, -0.05) is 62.1 Å². The number of thiophene rings is 1. The van der Waals surface area contributed by atoms with Crippen molar-refractivity contribution in [3.63, 3.8) is 0 Å². The first-order chi connectivity index (χ1) is 17.2. The van der Waals surface area contributed by atoms with Gasteiger partial charge in [0.05, 0.1) is 24.8 Å². The van der Waals surface area contributed by atoms with E-state index >= 15 is 0 Å². The molecule has 5 nitrogen and oxygen atoms in total. The van der Waals surface area contributed by atoms with E-state index < -0.39 is 5.41 Å². The van der Waals surface area contributed by atoms with Crippen LogP contribution in [-0.2, 0) is 14.9 Å². The van der Waals surface area contributed by atoms with Gasteiger partial charge in [-0.3, -0.25) is 9.89 Å². The Balaban J connectivity index is 0.00000267. The fourth-order valence-electron chi connectivity index (χ4n) is 7.22. The molecule has 3 aromatic rings. The molecule has 0 amide bonds. The number of esters is 1. The summed E-state index contributed by atoms with van der Waals surface area (Å²) in [6.45, 7) is 3.14. The van der Waals surface area contributed by atoms with E-state index in [-0.39, 0.29) is 30.5 Å². The van der Waals surface area contributed by atoms with Crippen molar-refractivity contribution in [1.29, 1.82) is 0 Å². The van der Waals surface area contributed by atoms with Crippen LogP contribution in [0.1, 0.15) is 73.4 Å². The minimum Gasteiger partial charge on any atom is -1.00 e. The number of carbonyl (C=O) groups excluding carboxylic acids is 1. The Bertz CT molecular complexity index is 1100. The molecule has 4 aliphatic rings. The summed E-state index contributed by atoms with van der Waals surface area (Å²) in [6, 6.07) is 15.3. The van der Waals surface area contributed by atoms with Gasteiger partial charge in [0, 0.05) is 35.4 Å². The van der Waals surface area contributed by atoms with Gasteiger partial charge in [-0.25, -0.2) is 0 Å². The number of halogens is 1. The van der Waals surface area contributed by atoms with Crippen molar-refractivity contribution in [3.8, 4) is 0 Å². The number of benzene rings is 1. The lowest BCUT2D eigenvalue weighted by Gasteiger charge is -2.55. The SMILES string of the molecule is O=C(O[C@H]1C[N+]2(C(c3ccccc3)c3cn[nH]c3)CCC1CC2)C1(c2cccs2)CCCCCC1.[Cl-]. The summed E-state index contributed by atoms with van der Waals surface area (Å²) in [6.07, 6.45) is 12.7. The van der Waals surface area contributed by atoms with Crippen molar-refractivity contribution < 1.29 is 26.4 Å². The number of aromatic nitrogens is 2. The predicted molar refractivity (Wildman–Crippen MR) is 138 cm³/mol. The minimum absolute atomic E-state index is 0. The van der Waals surface area contributed by atoms with Gasteiger partial charge in [-0.15, -0.1) is 11.3 Å². The van der Waals surface area contributed by atoms with E-state index in [9.17, 15) is 4.79 Å². The Kier molecular flexibility index (Phi) is 7.57. The van der Waals surface area contributed by atoms with E-state index in [0.717, 1.165) is 62.6 Å². The molecule has 3 saturated heterocycles. The molecule has 192 valence electrons. The number of hydrogen-bond donors (Lipinski definition) is 1. The average molecular weight is 526 g/mol. The summed E-state index contributed by atoms with van der Waals surface area (Å²) in [7, 11) is 0. The molecule has 1 saturated carbocycles. The van der Waals surface area contributed by atoms with E-state index in [1.807, 2.05) is 12.4 Å². The zero-order valence-corrected chi connectivity index (χ0v) is 22.4. The summed E-state index contributed by atoms with van der Waals surface area (Å²) >= 11 is 1.73. The number of piperidine rings is 3. The molecule has 1 aromatic carbocycles. The fraction of sp³-hybridized carbons (Fsp3) is 0.517. The molecule has 7 heteroatoms. The molecule has 5 heterocycles. The molecule has 2 bridgehead atoms. The lowest BCUT2D eigenvalue weighted by Crippen LogP contribution is -3.00. The Morgan fingerprint density at radius 2 is 1.78 bits per heavy atom. The quantitative estimate of drug-likeness (QED) is 0.306. The molecule has 2 aromatic heterocycles. The van der Waals surface area contributed by atoms with Gasteiger partial charge in [0.25, 0.3) is 0 Å². The molecule has 1 aliphatic carbocycles. The maximum atomic E-state index is 14.1. The highest BCUT2D eigenvalue weighted by Crippen LogP contribution is 2.47. The van der Waals surface area contributed by atoms with Gasteiger partial charge in [-0.05, 0) is 24.3 Å². The van der Waals surface area contributed by atoms with Crippen molar-refractivity contribution >= 4 is 17.3 Å². The maximum absolute atomic E-state index is 14.1. The minimum atomic E-state index is -0.453. The number of rotatable bonds is 6. The molecule has 3 aliphatic heterocycles. The van der Waals surface area contributed by atoms with Crippen LogP contribution in [0.5, 0.6) is 0 Å². The Morgan fingerprint density at radius 1 is 1.03 bits per heavy atom. The number of nitrogens with zero attached hydrogens (tertiary/aromatic N) is 2. The van der Waals surface area contributed by atoms with Crippen LogP contribution in [0, 0.1) is 5.92 Å². The van der Waals surface area contributed by atoms with Gasteiger partial charge >= 0.3 is 5.97 Å². The van der Waals surface area contributed by atoms with Gasteiger partial charge < -0.3 is 21.6 Å². The first kappa shape index (κ1) is 25.5. The molecule has 1 unspecified atom stereocenters. The van der Waals surface area contributed by atoms with Crippen LogP contribution < -0.4 is 12.4 Å².